The molecule has 134 valence electrons. The van der Waals surface area contributed by atoms with Gasteiger partial charge in [0.05, 0.1) is 12.4 Å². The molecule has 0 aromatic carbocycles. The molecule has 2 aromatic heterocycles. The highest BCUT2D eigenvalue weighted by Gasteiger charge is 2.57. The van der Waals surface area contributed by atoms with E-state index in [1.54, 1.807) is 0 Å². The van der Waals surface area contributed by atoms with E-state index in [9.17, 15) is 19.4 Å². The fourth-order valence-electron chi connectivity index (χ4n) is 2.77. The SMILES string of the molecule is C[C@H](O)[C@H]1O[C@@H](n2cnc3c(=O)[nH]c(N)nc32)[C@@](Cl)(C#CCF)C1O. The highest BCUT2D eigenvalue weighted by atomic mass is 35.5. The van der Waals surface area contributed by atoms with Crippen molar-refractivity contribution >= 4 is 28.7 Å². The highest BCUT2D eigenvalue weighted by molar-refractivity contribution is 6.27. The van der Waals surface area contributed by atoms with E-state index in [2.05, 4.69) is 26.8 Å². The van der Waals surface area contributed by atoms with E-state index in [-0.39, 0.29) is 17.1 Å². The summed E-state index contributed by atoms with van der Waals surface area (Å²) in [5.41, 5.74) is 5.02. The summed E-state index contributed by atoms with van der Waals surface area (Å²) in [6.07, 6.45) is -3.58. The normalized spacial score (nSPS) is 30.2. The number of nitrogens with zero attached hydrogens (tertiary/aromatic N) is 3. The number of alkyl halides is 2. The van der Waals surface area contributed by atoms with Crippen molar-refractivity contribution in [1.82, 2.24) is 19.5 Å². The van der Waals surface area contributed by atoms with Gasteiger partial charge in [-0.1, -0.05) is 23.4 Å². The minimum atomic E-state index is -1.79. The quantitative estimate of drug-likeness (QED) is 0.404. The van der Waals surface area contributed by atoms with Gasteiger partial charge in [-0.15, -0.1) is 0 Å². The predicted octanol–water partition coefficient (Wildman–Crippen LogP) is -0.709. The van der Waals surface area contributed by atoms with Crippen molar-refractivity contribution in [2.45, 2.75) is 36.3 Å². The lowest BCUT2D eigenvalue weighted by molar-refractivity contribution is -0.0752. The second-order valence-electron chi connectivity index (χ2n) is 5.62. The zero-order valence-electron chi connectivity index (χ0n) is 13.0. The molecule has 2 aromatic rings. The number of aromatic amines is 1. The lowest BCUT2D eigenvalue weighted by Gasteiger charge is -2.25. The monoisotopic (exact) mass is 371 g/mol. The lowest BCUT2D eigenvalue weighted by Crippen LogP contribution is -2.43. The number of nitrogens with two attached hydrogens (primary N) is 1. The molecule has 0 saturated carbocycles. The smallest absolute Gasteiger partial charge is 0.280 e. The molecule has 25 heavy (non-hydrogen) atoms. The molecule has 5 atom stereocenters. The number of aromatic nitrogens is 4. The number of rotatable bonds is 2. The Hall–Kier alpha value is -2.19. The Morgan fingerprint density at radius 2 is 2.40 bits per heavy atom. The highest BCUT2D eigenvalue weighted by Crippen LogP contribution is 2.44. The minimum Gasteiger partial charge on any atom is -0.391 e. The summed E-state index contributed by atoms with van der Waals surface area (Å²) in [6, 6.07) is 0. The van der Waals surface area contributed by atoms with Crippen LogP contribution < -0.4 is 11.3 Å². The first kappa shape index (κ1) is 17.6. The molecule has 1 aliphatic rings. The van der Waals surface area contributed by atoms with Gasteiger partial charge in [0.15, 0.2) is 22.3 Å². The van der Waals surface area contributed by atoms with Crippen LogP contribution in [0.5, 0.6) is 0 Å². The zero-order valence-corrected chi connectivity index (χ0v) is 13.7. The molecule has 11 heteroatoms. The maximum atomic E-state index is 12.5. The van der Waals surface area contributed by atoms with E-state index >= 15 is 0 Å². The predicted molar refractivity (Wildman–Crippen MR) is 86.5 cm³/mol. The Kier molecular flexibility index (Phi) is 4.42. The Balaban J connectivity index is 2.18. The summed E-state index contributed by atoms with van der Waals surface area (Å²) in [4.78, 5) is 20.4. The van der Waals surface area contributed by atoms with Gasteiger partial charge in [0, 0.05) is 0 Å². The number of aliphatic hydroxyl groups excluding tert-OH is 2. The number of ether oxygens (including phenoxy) is 1. The molecule has 9 nitrogen and oxygen atoms in total. The van der Waals surface area contributed by atoms with Crippen molar-refractivity contribution in [3.05, 3.63) is 16.7 Å². The van der Waals surface area contributed by atoms with Gasteiger partial charge in [-0.25, -0.2) is 9.37 Å². The van der Waals surface area contributed by atoms with Crippen LogP contribution in [0.1, 0.15) is 13.2 Å². The first-order valence-corrected chi connectivity index (χ1v) is 7.66. The third-order valence-electron chi connectivity index (χ3n) is 3.91. The summed E-state index contributed by atoms with van der Waals surface area (Å²) in [6.45, 7) is 0.423. The first-order chi connectivity index (χ1) is 11.8. The first-order valence-electron chi connectivity index (χ1n) is 7.28. The van der Waals surface area contributed by atoms with Crippen molar-refractivity contribution < 1.29 is 19.3 Å². The summed E-state index contributed by atoms with van der Waals surface area (Å²) < 4.78 is 19.5. The van der Waals surface area contributed by atoms with Gasteiger partial charge in [-0.3, -0.25) is 14.3 Å². The number of halogens is 2. The molecule has 0 radical (unpaired) electrons. The summed E-state index contributed by atoms with van der Waals surface area (Å²) in [5.74, 6) is 4.45. The Morgan fingerprint density at radius 1 is 1.68 bits per heavy atom. The molecular formula is C14H15ClFN5O4. The summed E-state index contributed by atoms with van der Waals surface area (Å²) in [5, 5.41) is 20.3. The van der Waals surface area contributed by atoms with Crippen LogP contribution in [0.3, 0.4) is 0 Å². The van der Waals surface area contributed by atoms with Crippen LogP contribution in [-0.4, -0.2) is 59.6 Å². The molecule has 0 aliphatic carbocycles. The molecule has 3 rings (SSSR count). The van der Waals surface area contributed by atoms with Crippen molar-refractivity contribution in [2.75, 3.05) is 12.4 Å². The molecule has 1 aliphatic heterocycles. The summed E-state index contributed by atoms with van der Waals surface area (Å²) in [7, 11) is 0. The van der Waals surface area contributed by atoms with Gasteiger partial charge in [-0.05, 0) is 6.92 Å². The van der Waals surface area contributed by atoms with E-state index < -0.39 is 41.6 Å². The van der Waals surface area contributed by atoms with Crippen molar-refractivity contribution in [2.24, 2.45) is 0 Å². The van der Waals surface area contributed by atoms with E-state index in [1.165, 1.54) is 17.8 Å². The van der Waals surface area contributed by atoms with E-state index in [0.29, 0.717) is 0 Å². The number of hydrogen-bond donors (Lipinski definition) is 4. The average Bonchev–Trinajstić information content (AvgIpc) is 3.06. The average molecular weight is 372 g/mol. The number of imidazole rings is 1. The van der Waals surface area contributed by atoms with Crippen LogP contribution in [0.4, 0.5) is 10.3 Å². The van der Waals surface area contributed by atoms with Crippen molar-refractivity contribution in [3.63, 3.8) is 0 Å². The van der Waals surface area contributed by atoms with Gasteiger partial charge in [0.2, 0.25) is 5.95 Å². The summed E-state index contributed by atoms with van der Waals surface area (Å²) >= 11 is 6.46. The number of fused-ring (bicyclic) bond motifs is 1. The Bertz CT molecular complexity index is 919. The molecule has 0 amide bonds. The fraction of sp³-hybridized carbons (Fsp3) is 0.500. The number of aliphatic hydroxyl groups is 2. The standard InChI is InChI=1S/C14H15ClFN5O4/c1-6(22)8-9(23)14(15,3-2-4-16)12(25-8)21-5-18-7-10(21)19-13(17)20-11(7)24/h5-6,8-9,12,22-23H,4H2,1H3,(H3,17,19,20,24)/t6-,8+,9?,12+,14+/m0/s1. The number of nitrogens with one attached hydrogen (secondary N) is 1. The second-order valence-corrected chi connectivity index (χ2v) is 6.24. The number of hydrogen-bond acceptors (Lipinski definition) is 7. The molecule has 0 spiro atoms. The van der Waals surface area contributed by atoms with Crippen molar-refractivity contribution in [3.8, 4) is 11.8 Å². The van der Waals surface area contributed by atoms with Crippen LogP contribution >= 0.6 is 11.6 Å². The Morgan fingerprint density at radius 3 is 3.04 bits per heavy atom. The van der Waals surface area contributed by atoms with Gasteiger partial charge in [0.25, 0.3) is 5.56 Å². The van der Waals surface area contributed by atoms with Gasteiger partial charge in [-0.2, -0.15) is 4.98 Å². The lowest BCUT2D eigenvalue weighted by atomic mass is 9.96. The molecule has 3 heterocycles. The van der Waals surface area contributed by atoms with Crippen LogP contribution in [0.2, 0.25) is 0 Å². The molecule has 0 bridgehead atoms. The molecule has 1 saturated heterocycles. The largest absolute Gasteiger partial charge is 0.391 e. The third-order valence-corrected chi connectivity index (χ3v) is 4.42. The number of nitrogen functional groups attached to an aromatic ring is 1. The van der Waals surface area contributed by atoms with Crippen LogP contribution in [0, 0.1) is 11.8 Å². The van der Waals surface area contributed by atoms with Crippen LogP contribution in [0.25, 0.3) is 11.2 Å². The van der Waals surface area contributed by atoms with Gasteiger partial charge in [0.1, 0.15) is 18.9 Å². The number of anilines is 1. The maximum absolute atomic E-state index is 12.5. The third kappa shape index (κ3) is 2.75. The molecule has 1 unspecified atom stereocenters. The maximum Gasteiger partial charge on any atom is 0.280 e. The van der Waals surface area contributed by atoms with Crippen LogP contribution in [0.15, 0.2) is 11.1 Å². The topological polar surface area (TPSA) is 139 Å². The van der Waals surface area contributed by atoms with Gasteiger partial charge >= 0.3 is 0 Å². The molecular weight excluding hydrogens is 357 g/mol. The van der Waals surface area contributed by atoms with Crippen LogP contribution in [-0.2, 0) is 4.74 Å². The Labute approximate surface area is 145 Å². The fourth-order valence-corrected chi connectivity index (χ4v) is 3.12. The van der Waals surface area contributed by atoms with Gasteiger partial charge < -0.3 is 20.7 Å². The van der Waals surface area contributed by atoms with Crippen molar-refractivity contribution in [1.29, 1.82) is 0 Å². The van der Waals surface area contributed by atoms with E-state index in [4.69, 9.17) is 22.1 Å². The zero-order chi connectivity index (χ0) is 18.4. The molecule has 5 N–H and O–H groups in total. The minimum absolute atomic E-state index is 0.0229. The molecule has 1 fully saturated rings. The van der Waals surface area contributed by atoms with E-state index in [0.717, 1.165) is 0 Å². The second kappa shape index (κ2) is 6.27. The number of H-pyrrole nitrogens is 1. The van der Waals surface area contributed by atoms with E-state index in [1.807, 2.05) is 0 Å².